The lowest BCUT2D eigenvalue weighted by Gasteiger charge is -2.32. The monoisotopic (exact) mass is 551 g/mol. The number of aryl methyl sites for hydroxylation is 1. The van der Waals surface area contributed by atoms with E-state index in [-0.39, 0.29) is 17.3 Å². The molecule has 1 atom stereocenters. The van der Waals surface area contributed by atoms with Crippen LogP contribution < -0.4 is 14.4 Å². The number of ether oxygens (including phenoxy) is 1. The fourth-order valence-corrected chi connectivity index (χ4v) is 5.62. The molecule has 9 heteroatoms. The Labute approximate surface area is 231 Å². The molecule has 0 heterocycles. The largest absolute Gasteiger partial charge is 0.497 e. The van der Waals surface area contributed by atoms with Gasteiger partial charge in [0, 0.05) is 13.1 Å². The number of amides is 2. The Morgan fingerprint density at radius 3 is 2.21 bits per heavy atom. The lowest BCUT2D eigenvalue weighted by atomic mass is 10.1. The minimum absolute atomic E-state index is 0.0770. The molecule has 0 fully saturated rings. The van der Waals surface area contributed by atoms with E-state index in [4.69, 9.17) is 4.74 Å². The van der Waals surface area contributed by atoms with Crippen molar-refractivity contribution in [1.82, 2.24) is 10.2 Å². The number of nitrogens with zero attached hydrogens (tertiary/aromatic N) is 2. The van der Waals surface area contributed by atoms with Crippen molar-refractivity contribution >= 4 is 27.5 Å². The number of unbranched alkanes of at least 4 members (excludes halogenated alkanes) is 1. The molecule has 0 aliphatic rings. The Hall–Kier alpha value is -3.85. The van der Waals surface area contributed by atoms with Crippen molar-refractivity contribution in [1.29, 1.82) is 0 Å². The minimum Gasteiger partial charge on any atom is -0.497 e. The van der Waals surface area contributed by atoms with Crippen molar-refractivity contribution in [3.8, 4) is 5.75 Å². The molecule has 0 aromatic heterocycles. The van der Waals surface area contributed by atoms with Gasteiger partial charge < -0.3 is 15.0 Å². The van der Waals surface area contributed by atoms with Crippen molar-refractivity contribution in [2.24, 2.45) is 0 Å². The van der Waals surface area contributed by atoms with Gasteiger partial charge in [-0.05, 0) is 61.7 Å². The van der Waals surface area contributed by atoms with Crippen LogP contribution in [0.15, 0.2) is 83.8 Å². The molecule has 0 aliphatic heterocycles. The molecule has 39 heavy (non-hydrogen) atoms. The third-order valence-electron chi connectivity index (χ3n) is 6.50. The molecule has 0 radical (unpaired) electrons. The first-order chi connectivity index (χ1) is 18.7. The molecule has 0 spiro atoms. The maximum absolute atomic E-state index is 13.9. The number of para-hydroxylation sites is 1. The summed E-state index contributed by atoms with van der Waals surface area (Å²) in [6, 6.07) is 21.4. The number of hydrogen-bond acceptors (Lipinski definition) is 5. The predicted molar refractivity (Wildman–Crippen MR) is 153 cm³/mol. The van der Waals surface area contributed by atoms with Crippen LogP contribution in [-0.4, -0.2) is 51.4 Å². The number of carbonyl (C=O) groups excluding carboxylic acids is 2. The summed E-state index contributed by atoms with van der Waals surface area (Å²) in [6.45, 7) is 5.64. The molecular weight excluding hydrogens is 514 g/mol. The van der Waals surface area contributed by atoms with E-state index in [0.717, 1.165) is 22.7 Å². The summed E-state index contributed by atoms with van der Waals surface area (Å²) in [4.78, 5) is 28.5. The second-order valence-electron chi connectivity index (χ2n) is 9.30. The van der Waals surface area contributed by atoms with Gasteiger partial charge in [0.2, 0.25) is 11.8 Å². The van der Waals surface area contributed by atoms with Crippen LogP contribution in [0.1, 0.15) is 37.8 Å². The lowest BCUT2D eigenvalue weighted by Crippen LogP contribution is -2.51. The van der Waals surface area contributed by atoms with Crippen molar-refractivity contribution in [2.45, 2.75) is 51.1 Å². The number of rotatable bonds is 13. The van der Waals surface area contributed by atoms with Gasteiger partial charge in [-0.3, -0.25) is 13.9 Å². The van der Waals surface area contributed by atoms with Crippen LogP contribution in [0.4, 0.5) is 5.69 Å². The van der Waals surface area contributed by atoms with Gasteiger partial charge >= 0.3 is 0 Å². The normalized spacial score (nSPS) is 11.9. The summed E-state index contributed by atoms with van der Waals surface area (Å²) in [6.07, 6.45) is 1.74. The maximum atomic E-state index is 13.9. The van der Waals surface area contributed by atoms with Crippen molar-refractivity contribution < 1.29 is 22.7 Å². The summed E-state index contributed by atoms with van der Waals surface area (Å²) >= 11 is 0. The Morgan fingerprint density at radius 2 is 1.59 bits per heavy atom. The van der Waals surface area contributed by atoms with Gasteiger partial charge in [0.25, 0.3) is 10.0 Å². The van der Waals surface area contributed by atoms with E-state index in [1.807, 2.05) is 25.1 Å². The minimum atomic E-state index is -4.08. The molecule has 0 saturated heterocycles. The van der Waals surface area contributed by atoms with E-state index >= 15 is 0 Å². The van der Waals surface area contributed by atoms with E-state index in [1.54, 1.807) is 69.5 Å². The number of sulfonamides is 1. The molecule has 0 aliphatic carbocycles. The summed E-state index contributed by atoms with van der Waals surface area (Å²) in [5.41, 5.74) is 1.89. The number of anilines is 1. The van der Waals surface area contributed by atoms with Crippen LogP contribution in [0.5, 0.6) is 5.75 Å². The Bertz CT molecular complexity index is 1340. The van der Waals surface area contributed by atoms with Crippen LogP contribution in [0, 0.1) is 6.92 Å². The first-order valence-corrected chi connectivity index (χ1v) is 14.5. The van der Waals surface area contributed by atoms with Crippen LogP contribution >= 0.6 is 0 Å². The van der Waals surface area contributed by atoms with Crippen molar-refractivity contribution in [3.63, 3.8) is 0 Å². The van der Waals surface area contributed by atoms with Crippen LogP contribution in [0.25, 0.3) is 0 Å². The number of carbonyl (C=O) groups is 2. The molecule has 8 nitrogen and oxygen atoms in total. The molecule has 208 valence electrons. The number of hydrogen-bond donors (Lipinski definition) is 1. The van der Waals surface area contributed by atoms with Crippen molar-refractivity contribution in [2.75, 3.05) is 24.5 Å². The molecule has 0 bridgehead atoms. The SMILES string of the molecule is CCCCNC(=O)[C@H](C)N(Cc1ccc(OC)cc1)C(=O)CN(c1ccccc1C)S(=O)(=O)c1ccccc1. The summed E-state index contributed by atoms with van der Waals surface area (Å²) in [7, 11) is -2.51. The highest BCUT2D eigenvalue weighted by atomic mass is 32.2. The molecule has 0 saturated carbocycles. The van der Waals surface area contributed by atoms with E-state index < -0.39 is 28.5 Å². The predicted octanol–water partition coefficient (Wildman–Crippen LogP) is 4.53. The molecule has 0 unspecified atom stereocenters. The molecule has 1 N–H and O–H groups in total. The Kier molecular flexibility index (Phi) is 10.5. The van der Waals surface area contributed by atoms with Gasteiger partial charge in [-0.2, -0.15) is 0 Å². The smallest absolute Gasteiger partial charge is 0.264 e. The highest BCUT2D eigenvalue weighted by molar-refractivity contribution is 7.92. The second kappa shape index (κ2) is 13.8. The molecule has 3 rings (SSSR count). The number of methoxy groups -OCH3 is 1. The highest BCUT2D eigenvalue weighted by Crippen LogP contribution is 2.27. The van der Waals surface area contributed by atoms with Gasteiger partial charge in [-0.1, -0.05) is 61.9 Å². The average molecular weight is 552 g/mol. The van der Waals surface area contributed by atoms with Crippen LogP contribution in [-0.2, 0) is 26.2 Å². The van der Waals surface area contributed by atoms with Crippen LogP contribution in [0.2, 0.25) is 0 Å². The topological polar surface area (TPSA) is 96.0 Å². The van der Waals surface area contributed by atoms with E-state index in [2.05, 4.69) is 5.32 Å². The van der Waals surface area contributed by atoms with Gasteiger partial charge in [-0.15, -0.1) is 0 Å². The third-order valence-corrected chi connectivity index (χ3v) is 8.28. The molecule has 3 aromatic carbocycles. The third kappa shape index (κ3) is 7.60. The van der Waals surface area contributed by atoms with Gasteiger partial charge in [-0.25, -0.2) is 8.42 Å². The number of nitrogens with one attached hydrogen (secondary N) is 1. The lowest BCUT2D eigenvalue weighted by molar-refractivity contribution is -0.139. The molecule has 3 aromatic rings. The first kappa shape index (κ1) is 29.7. The van der Waals surface area contributed by atoms with Crippen molar-refractivity contribution in [3.05, 3.63) is 90.0 Å². The summed E-state index contributed by atoms with van der Waals surface area (Å²) < 4.78 is 34.0. The van der Waals surface area contributed by atoms with E-state index in [1.165, 1.54) is 17.0 Å². The first-order valence-electron chi connectivity index (χ1n) is 13.0. The van der Waals surface area contributed by atoms with Crippen LogP contribution in [0.3, 0.4) is 0 Å². The fourth-order valence-electron chi connectivity index (χ4n) is 4.12. The Morgan fingerprint density at radius 1 is 0.949 bits per heavy atom. The summed E-state index contributed by atoms with van der Waals surface area (Å²) in [5.74, 6) is -0.118. The zero-order chi connectivity index (χ0) is 28.4. The van der Waals surface area contributed by atoms with E-state index in [9.17, 15) is 18.0 Å². The maximum Gasteiger partial charge on any atom is 0.264 e. The number of benzene rings is 3. The zero-order valence-corrected chi connectivity index (χ0v) is 23.8. The molecule has 2 amide bonds. The quantitative estimate of drug-likeness (QED) is 0.315. The van der Waals surface area contributed by atoms with Gasteiger partial charge in [0.1, 0.15) is 18.3 Å². The van der Waals surface area contributed by atoms with Gasteiger partial charge in [0.05, 0.1) is 17.7 Å². The summed E-state index contributed by atoms with van der Waals surface area (Å²) in [5, 5.41) is 2.89. The van der Waals surface area contributed by atoms with E-state index in [0.29, 0.717) is 23.5 Å². The second-order valence-corrected chi connectivity index (χ2v) is 11.2. The standard InChI is InChI=1S/C30H37N3O5S/c1-5-6-20-31-30(35)24(3)32(21-25-16-18-26(38-4)19-17-25)29(34)22-33(28-15-11-10-12-23(28)2)39(36,37)27-13-8-7-9-14-27/h7-19,24H,5-6,20-22H2,1-4H3,(H,31,35)/t24-/m0/s1. The van der Waals surface area contributed by atoms with Gasteiger partial charge in [0.15, 0.2) is 0 Å². The highest BCUT2D eigenvalue weighted by Gasteiger charge is 2.33. The average Bonchev–Trinajstić information content (AvgIpc) is 2.95. The Balaban J connectivity index is 1.99. The molecular formula is C30H37N3O5S. The fraction of sp³-hybridized carbons (Fsp3) is 0.333. The zero-order valence-electron chi connectivity index (χ0n) is 23.0.